The maximum Gasteiger partial charge on any atom is 0.255 e. The van der Waals surface area contributed by atoms with Crippen molar-refractivity contribution in [3.05, 3.63) is 77.9 Å². The number of benzene rings is 3. The molecule has 0 bridgehead atoms. The van der Waals surface area contributed by atoms with Gasteiger partial charge in [-0.3, -0.25) is 4.79 Å². The third kappa shape index (κ3) is 4.18. The van der Waals surface area contributed by atoms with Gasteiger partial charge in [-0.1, -0.05) is 24.3 Å². The van der Waals surface area contributed by atoms with Crippen molar-refractivity contribution in [2.24, 2.45) is 0 Å². The molecule has 0 atom stereocenters. The van der Waals surface area contributed by atoms with Crippen molar-refractivity contribution < 1.29 is 9.53 Å². The molecule has 0 radical (unpaired) electrons. The van der Waals surface area contributed by atoms with E-state index in [0.29, 0.717) is 12.2 Å². The first-order chi connectivity index (χ1) is 14.5. The van der Waals surface area contributed by atoms with Crippen molar-refractivity contribution in [3.8, 4) is 11.4 Å². The summed E-state index contributed by atoms with van der Waals surface area (Å²) in [6, 6.07) is 21.3. The largest absolute Gasteiger partial charge is 0.380 e. The zero-order chi connectivity index (χ0) is 21.1. The Kier molecular flexibility index (Phi) is 5.50. The normalized spacial score (nSPS) is 10.9. The Labute approximate surface area is 175 Å². The van der Waals surface area contributed by atoms with Crippen LogP contribution in [0.5, 0.6) is 0 Å². The second-order valence-electron chi connectivity index (χ2n) is 7.34. The van der Waals surface area contributed by atoms with Gasteiger partial charge in [0.05, 0.1) is 17.6 Å². The number of rotatable bonds is 6. The number of hydrogen-bond donors (Lipinski definition) is 2. The van der Waals surface area contributed by atoms with E-state index in [1.54, 1.807) is 7.11 Å². The highest BCUT2D eigenvalue weighted by Crippen LogP contribution is 2.24. The lowest BCUT2D eigenvalue weighted by atomic mass is 10.1. The minimum absolute atomic E-state index is 0.145. The number of amides is 1. The summed E-state index contributed by atoms with van der Waals surface area (Å²) >= 11 is 0. The summed E-state index contributed by atoms with van der Waals surface area (Å²) in [5, 5.41) is 2.96. The topological polar surface area (TPSA) is 70.2 Å². The van der Waals surface area contributed by atoms with Gasteiger partial charge in [0.1, 0.15) is 5.82 Å². The molecule has 0 saturated heterocycles. The van der Waals surface area contributed by atoms with E-state index >= 15 is 0 Å². The molecule has 4 rings (SSSR count). The number of nitrogens with one attached hydrogen (secondary N) is 2. The molecule has 0 aliphatic heterocycles. The van der Waals surface area contributed by atoms with E-state index in [-0.39, 0.29) is 5.91 Å². The number of hydrogen-bond acceptors (Lipinski definition) is 4. The molecule has 1 aromatic heterocycles. The van der Waals surface area contributed by atoms with Crippen molar-refractivity contribution in [1.29, 1.82) is 0 Å². The van der Waals surface area contributed by atoms with Crippen LogP contribution in [0.4, 0.5) is 11.4 Å². The Balaban J connectivity index is 1.52. The molecule has 30 heavy (non-hydrogen) atoms. The van der Waals surface area contributed by atoms with Crippen LogP contribution in [0.15, 0.2) is 66.7 Å². The summed E-state index contributed by atoms with van der Waals surface area (Å²) in [4.78, 5) is 22.6. The van der Waals surface area contributed by atoms with Crippen LogP contribution >= 0.6 is 0 Å². The van der Waals surface area contributed by atoms with Crippen LogP contribution in [0.25, 0.3) is 22.4 Å². The number of imidazole rings is 1. The SMILES string of the molecule is COCc1ccc(-c2nc3ccc(NC(=O)c4ccc(N(C)C)cc4)cc3[nH]2)cc1. The fraction of sp³-hybridized carbons (Fsp3) is 0.167. The lowest BCUT2D eigenvalue weighted by Crippen LogP contribution is -2.13. The van der Waals surface area contributed by atoms with Crippen LogP contribution in [0, 0.1) is 0 Å². The quantitative estimate of drug-likeness (QED) is 0.492. The summed E-state index contributed by atoms with van der Waals surface area (Å²) in [5.41, 5.74) is 6.20. The van der Waals surface area contributed by atoms with Crippen LogP contribution in [0.1, 0.15) is 15.9 Å². The third-order valence-electron chi connectivity index (χ3n) is 4.92. The van der Waals surface area contributed by atoms with E-state index < -0.39 is 0 Å². The van der Waals surface area contributed by atoms with Gasteiger partial charge in [-0.2, -0.15) is 0 Å². The minimum atomic E-state index is -0.145. The first-order valence-corrected chi connectivity index (χ1v) is 9.70. The van der Waals surface area contributed by atoms with Crippen LogP contribution in [0.2, 0.25) is 0 Å². The number of carbonyl (C=O) groups is 1. The Bertz CT molecular complexity index is 1160. The lowest BCUT2D eigenvalue weighted by Gasteiger charge is -2.12. The van der Waals surface area contributed by atoms with Crippen molar-refractivity contribution in [1.82, 2.24) is 9.97 Å². The molecule has 0 unspecified atom stereocenters. The average molecular weight is 400 g/mol. The highest BCUT2D eigenvalue weighted by atomic mass is 16.5. The molecule has 4 aromatic rings. The number of aromatic nitrogens is 2. The van der Waals surface area contributed by atoms with E-state index in [4.69, 9.17) is 4.74 Å². The molecule has 0 saturated carbocycles. The highest BCUT2D eigenvalue weighted by molar-refractivity contribution is 6.05. The second-order valence-corrected chi connectivity index (χ2v) is 7.34. The van der Waals surface area contributed by atoms with Gasteiger partial charge in [0, 0.05) is 43.7 Å². The molecule has 0 fully saturated rings. The van der Waals surface area contributed by atoms with Crippen LogP contribution in [-0.4, -0.2) is 37.1 Å². The predicted molar refractivity (Wildman–Crippen MR) is 121 cm³/mol. The number of ether oxygens (including phenoxy) is 1. The second kappa shape index (κ2) is 8.39. The lowest BCUT2D eigenvalue weighted by molar-refractivity contribution is 0.102. The van der Waals surface area contributed by atoms with Gasteiger partial charge in [0.2, 0.25) is 0 Å². The number of anilines is 2. The van der Waals surface area contributed by atoms with Gasteiger partial charge in [0.15, 0.2) is 0 Å². The number of nitrogens with zero attached hydrogens (tertiary/aromatic N) is 2. The third-order valence-corrected chi connectivity index (χ3v) is 4.92. The smallest absolute Gasteiger partial charge is 0.255 e. The van der Waals surface area contributed by atoms with Gasteiger partial charge in [-0.15, -0.1) is 0 Å². The monoisotopic (exact) mass is 400 g/mol. The van der Waals surface area contributed by atoms with E-state index in [1.807, 2.05) is 85.7 Å². The number of H-pyrrole nitrogens is 1. The zero-order valence-electron chi connectivity index (χ0n) is 17.3. The summed E-state index contributed by atoms with van der Waals surface area (Å²) in [7, 11) is 5.62. The minimum Gasteiger partial charge on any atom is -0.380 e. The molecular weight excluding hydrogens is 376 g/mol. The van der Waals surface area contributed by atoms with E-state index in [2.05, 4.69) is 15.3 Å². The average Bonchev–Trinajstić information content (AvgIpc) is 3.18. The van der Waals surface area contributed by atoms with Gasteiger partial charge in [-0.25, -0.2) is 4.98 Å². The molecular formula is C24H24N4O2. The molecule has 3 aromatic carbocycles. The van der Waals surface area contributed by atoms with Crippen molar-refractivity contribution >= 4 is 28.3 Å². The van der Waals surface area contributed by atoms with E-state index in [0.717, 1.165) is 39.4 Å². The Morgan fingerprint density at radius 2 is 1.77 bits per heavy atom. The van der Waals surface area contributed by atoms with Crippen LogP contribution in [-0.2, 0) is 11.3 Å². The van der Waals surface area contributed by atoms with E-state index in [1.165, 1.54) is 0 Å². The van der Waals surface area contributed by atoms with Crippen molar-refractivity contribution in [2.75, 3.05) is 31.4 Å². The fourth-order valence-corrected chi connectivity index (χ4v) is 3.26. The molecule has 0 spiro atoms. The Morgan fingerprint density at radius 3 is 2.43 bits per heavy atom. The molecule has 1 amide bonds. The molecule has 0 aliphatic carbocycles. The van der Waals surface area contributed by atoms with Gasteiger partial charge in [0.25, 0.3) is 5.91 Å². The maximum absolute atomic E-state index is 12.6. The first-order valence-electron chi connectivity index (χ1n) is 9.70. The molecule has 2 N–H and O–H groups in total. The fourth-order valence-electron chi connectivity index (χ4n) is 3.26. The number of carbonyl (C=O) groups excluding carboxylic acids is 1. The maximum atomic E-state index is 12.6. The van der Waals surface area contributed by atoms with Crippen molar-refractivity contribution in [2.45, 2.75) is 6.61 Å². The molecule has 6 nitrogen and oxygen atoms in total. The van der Waals surface area contributed by atoms with Gasteiger partial charge in [-0.05, 0) is 48.0 Å². The molecule has 6 heteroatoms. The Morgan fingerprint density at radius 1 is 1.03 bits per heavy atom. The first kappa shape index (κ1) is 19.7. The number of methoxy groups -OCH3 is 1. The van der Waals surface area contributed by atoms with Crippen LogP contribution in [0.3, 0.4) is 0 Å². The predicted octanol–water partition coefficient (Wildman–Crippen LogP) is 4.69. The standard InChI is InChI=1S/C24H24N4O2/c1-28(2)20-11-8-18(9-12-20)24(29)25-19-10-13-21-22(14-19)27-23(26-21)17-6-4-16(5-7-17)15-30-3/h4-14H,15H2,1-3H3,(H,25,29)(H,26,27). The Hall–Kier alpha value is -3.64. The van der Waals surface area contributed by atoms with E-state index in [9.17, 15) is 4.79 Å². The van der Waals surface area contributed by atoms with Crippen molar-refractivity contribution in [3.63, 3.8) is 0 Å². The number of aromatic amines is 1. The highest BCUT2D eigenvalue weighted by Gasteiger charge is 2.10. The van der Waals surface area contributed by atoms with Gasteiger partial charge < -0.3 is 19.9 Å². The number of fused-ring (bicyclic) bond motifs is 1. The summed E-state index contributed by atoms with van der Waals surface area (Å²) in [5.74, 6) is 0.643. The molecule has 1 heterocycles. The molecule has 152 valence electrons. The molecule has 0 aliphatic rings. The summed E-state index contributed by atoms with van der Waals surface area (Å²) in [6.45, 7) is 0.585. The van der Waals surface area contributed by atoms with Crippen LogP contribution < -0.4 is 10.2 Å². The summed E-state index contributed by atoms with van der Waals surface area (Å²) in [6.07, 6.45) is 0. The summed E-state index contributed by atoms with van der Waals surface area (Å²) < 4.78 is 5.15. The van der Waals surface area contributed by atoms with Gasteiger partial charge >= 0.3 is 0 Å². The zero-order valence-corrected chi connectivity index (χ0v) is 17.3.